The minimum absolute atomic E-state index is 0.624. The van der Waals surface area contributed by atoms with E-state index in [-0.39, 0.29) is 0 Å². The van der Waals surface area contributed by atoms with Crippen LogP contribution >= 0.6 is 0 Å². The van der Waals surface area contributed by atoms with E-state index in [4.69, 9.17) is 9.47 Å². The molecule has 0 aromatic heterocycles. The Morgan fingerprint density at radius 2 is 2.00 bits per heavy atom. The maximum Gasteiger partial charge on any atom is 0.126 e. The van der Waals surface area contributed by atoms with Gasteiger partial charge in [0.15, 0.2) is 0 Å². The second-order valence-corrected chi connectivity index (χ2v) is 6.01. The monoisotopic (exact) mass is 286 g/mol. The summed E-state index contributed by atoms with van der Waals surface area (Å²) in [7, 11) is 0. The number of benzene rings is 1. The van der Waals surface area contributed by atoms with Crippen LogP contribution in [0.1, 0.15) is 46.1 Å². The average Bonchev–Trinajstić information content (AvgIpc) is 2.92. The zero-order valence-electron chi connectivity index (χ0n) is 13.7. The summed E-state index contributed by atoms with van der Waals surface area (Å²) in [5.74, 6) is 1.87. The van der Waals surface area contributed by atoms with Gasteiger partial charge in [0.25, 0.3) is 0 Å². The van der Waals surface area contributed by atoms with Gasteiger partial charge in [-0.1, -0.05) is 22.8 Å². The first-order chi connectivity index (χ1) is 10.1. The van der Waals surface area contributed by atoms with E-state index in [0.29, 0.717) is 6.61 Å². The summed E-state index contributed by atoms with van der Waals surface area (Å²) in [6.07, 6.45) is 5.43. The molecule has 0 unspecified atom stereocenters. The first-order valence-corrected chi connectivity index (χ1v) is 7.73. The van der Waals surface area contributed by atoms with Gasteiger partial charge in [-0.25, -0.2) is 0 Å². The van der Waals surface area contributed by atoms with Crippen molar-refractivity contribution in [2.75, 3.05) is 13.2 Å². The molecule has 1 aromatic carbocycles. The van der Waals surface area contributed by atoms with Crippen molar-refractivity contribution in [3.8, 4) is 11.5 Å². The summed E-state index contributed by atoms with van der Waals surface area (Å²) in [6.45, 7) is 10.2. The fourth-order valence-corrected chi connectivity index (χ4v) is 2.25. The lowest BCUT2D eigenvalue weighted by molar-refractivity contribution is 0.343. The van der Waals surface area contributed by atoms with Crippen LogP contribution in [0.3, 0.4) is 0 Å². The fraction of sp³-hybridized carbons (Fsp3) is 0.474. The van der Waals surface area contributed by atoms with Gasteiger partial charge in [0.1, 0.15) is 18.1 Å². The van der Waals surface area contributed by atoms with Crippen LogP contribution in [-0.2, 0) is 6.42 Å². The predicted octanol–water partition coefficient (Wildman–Crippen LogP) is 5.08. The van der Waals surface area contributed by atoms with E-state index in [9.17, 15) is 0 Å². The molecule has 0 fully saturated rings. The van der Waals surface area contributed by atoms with Crippen LogP contribution in [0.25, 0.3) is 0 Å². The molecule has 1 heterocycles. The van der Waals surface area contributed by atoms with Gasteiger partial charge in [-0.05, 0) is 58.2 Å². The van der Waals surface area contributed by atoms with Gasteiger partial charge in [0, 0.05) is 12.5 Å². The Labute approximate surface area is 128 Å². The van der Waals surface area contributed by atoms with Gasteiger partial charge in [-0.3, -0.25) is 0 Å². The Morgan fingerprint density at radius 3 is 2.76 bits per heavy atom. The Kier molecular flexibility index (Phi) is 5.49. The van der Waals surface area contributed by atoms with Crippen LogP contribution in [0.5, 0.6) is 11.5 Å². The van der Waals surface area contributed by atoms with E-state index in [1.165, 1.54) is 22.3 Å². The van der Waals surface area contributed by atoms with E-state index in [1.54, 1.807) is 0 Å². The molecule has 0 amide bonds. The van der Waals surface area contributed by atoms with Crippen LogP contribution < -0.4 is 9.47 Å². The normalized spacial score (nSPS) is 13.6. The zero-order valence-corrected chi connectivity index (χ0v) is 13.7. The van der Waals surface area contributed by atoms with Crippen LogP contribution in [0.2, 0.25) is 0 Å². The second-order valence-electron chi connectivity index (χ2n) is 6.01. The molecule has 0 saturated carbocycles. The summed E-state index contributed by atoms with van der Waals surface area (Å²) in [4.78, 5) is 0. The Bertz CT molecular complexity index is 549. The third kappa shape index (κ3) is 4.66. The highest BCUT2D eigenvalue weighted by atomic mass is 16.5. The van der Waals surface area contributed by atoms with Gasteiger partial charge in [0.2, 0.25) is 0 Å². The molecule has 1 aliphatic heterocycles. The number of fused-ring (bicyclic) bond motifs is 1. The van der Waals surface area contributed by atoms with Gasteiger partial charge in [-0.2, -0.15) is 0 Å². The number of allylic oxidation sites excluding steroid dienone is 3. The predicted molar refractivity (Wildman–Crippen MR) is 88.2 cm³/mol. The average molecular weight is 286 g/mol. The lowest BCUT2D eigenvalue weighted by Crippen LogP contribution is -1.95. The Hall–Kier alpha value is -1.70. The molecular formula is C19H26O2. The summed E-state index contributed by atoms with van der Waals surface area (Å²) in [6, 6.07) is 6.13. The van der Waals surface area contributed by atoms with E-state index in [0.717, 1.165) is 37.4 Å². The van der Waals surface area contributed by atoms with Crippen LogP contribution in [0, 0.1) is 0 Å². The van der Waals surface area contributed by atoms with Crippen molar-refractivity contribution in [1.29, 1.82) is 0 Å². The number of hydrogen-bond acceptors (Lipinski definition) is 2. The lowest BCUT2D eigenvalue weighted by atomic mass is 10.0. The lowest BCUT2D eigenvalue weighted by Gasteiger charge is -2.07. The first-order valence-electron chi connectivity index (χ1n) is 7.73. The largest absolute Gasteiger partial charge is 0.493 e. The minimum atomic E-state index is 0.624. The molecule has 1 aliphatic rings. The van der Waals surface area contributed by atoms with E-state index < -0.39 is 0 Å². The van der Waals surface area contributed by atoms with Crippen molar-refractivity contribution >= 4 is 0 Å². The van der Waals surface area contributed by atoms with Crippen molar-refractivity contribution in [2.45, 2.75) is 47.0 Å². The van der Waals surface area contributed by atoms with Crippen molar-refractivity contribution < 1.29 is 9.47 Å². The van der Waals surface area contributed by atoms with E-state index >= 15 is 0 Å². The van der Waals surface area contributed by atoms with Crippen molar-refractivity contribution in [3.63, 3.8) is 0 Å². The summed E-state index contributed by atoms with van der Waals surface area (Å²) in [5.41, 5.74) is 5.58. The molecule has 2 heteroatoms. The molecule has 0 saturated heterocycles. The Morgan fingerprint density at radius 1 is 1.19 bits per heavy atom. The number of hydrogen-bond donors (Lipinski definition) is 0. The topological polar surface area (TPSA) is 18.5 Å². The highest BCUT2D eigenvalue weighted by molar-refractivity contribution is 5.42. The third-order valence-electron chi connectivity index (χ3n) is 4.10. The maximum absolute atomic E-state index is 5.79. The van der Waals surface area contributed by atoms with Gasteiger partial charge >= 0.3 is 0 Å². The molecule has 114 valence electrons. The molecule has 0 radical (unpaired) electrons. The molecule has 0 N–H and O–H groups in total. The molecule has 0 spiro atoms. The molecule has 0 atom stereocenters. The van der Waals surface area contributed by atoms with Crippen molar-refractivity contribution in [2.24, 2.45) is 0 Å². The molecule has 2 rings (SSSR count). The number of rotatable bonds is 6. The smallest absolute Gasteiger partial charge is 0.126 e. The molecule has 1 aromatic rings. The van der Waals surface area contributed by atoms with Gasteiger partial charge in [-0.15, -0.1) is 0 Å². The zero-order chi connectivity index (χ0) is 15.2. The minimum Gasteiger partial charge on any atom is -0.493 e. The molecular weight excluding hydrogens is 260 g/mol. The van der Waals surface area contributed by atoms with Crippen LogP contribution in [-0.4, -0.2) is 13.2 Å². The maximum atomic E-state index is 5.79. The first kappa shape index (κ1) is 15.7. The van der Waals surface area contributed by atoms with Gasteiger partial charge in [0.05, 0.1) is 6.61 Å². The molecule has 0 bridgehead atoms. The van der Waals surface area contributed by atoms with Crippen molar-refractivity contribution in [3.05, 3.63) is 46.6 Å². The Balaban J connectivity index is 1.80. The molecule has 21 heavy (non-hydrogen) atoms. The van der Waals surface area contributed by atoms with Crippen LogP contribution in [0.4, 0.5) is 0 Å². The highest BCUT2D eigenvalue weighted by Crippen LogP contribution is 2.29. The quantitative estimate of drug-likeness (QED) is 0.679. The summed E-state index contributed by atoms with van der Waals surface area (Å²) < 4.78 is 11.3. The van der Waals surface area contributed by atoms with Crippen LogP contribution in [0.15, 0.2) is 41.0 Å². The summed E-state index contributed by atoms with van der Waals surface area (Å²) >= 11 is 0. The standard InChI is InChI=1S/C19H26O2/c1-14(2)16(4)6-5-15(3)9-11-20-18-8-7-17-10-12-21-19(17)13-18/h7-9,13H,5-6,10-12H2,1-4H3. The summed E-state index contributed by atoms with van der Waals surface area (Å²) in [5, 5.41) is 0. The van der Waals surface area contributed by atoms with Crippen molar-refractivity contribution in [1.82, 2.24) is 0 Å². The highest BCUT2D eigenvalue weighted by Gasteiger charge is 2.12. The van der Waals surface area contributed by atoms with E-state index in [1.807, 2.05) is 12.1 Å². The third-order valence-corrected chi connectivity index (χ3v) is 4.10. The van der Waals surface area contributed by atoms with E-state index in [2.05, 4.69) is 39.8 Å². The second kappa shape index (κ2) is 7.35. The number of ether oxygens (including phenoxy) is 2. The van der Waals surface area contributed by atoms with Gasteiger partial charge < -0.3 is 9.47 Å². The molecule has 0 aliphatic carbocycles. The SMILES string of the molecule is CC(=CCOc1ccc2c(c1)OCC2)CCC(C)=C(C)C. The fourth-order valence-electron chi connectivity index (χ4n) is 2.25. The molecule has 2 nitrogen and oxygen atoms in total.